The molecule has 0 saturated carbocycles. The number of hydrogen-bond acceptors (Lipinski definition) is 4. The average molecular weight is 260 g/mol. The van der Waals surface area contributed by atoms with Crippen molar-refractivity contribution in [2.24, 2.45) is 0 Å². The van der Waals surface area contributed by atoms with Crippen LogP contribution in [0.3, 0.4) is 0 Å². The number of rotatable bonds is 6. The summed E-state index contributed by atoms with van der Waals surface area (Å²) in [5, 5.41) is 3.49. The summed E-state index contributed by atoms with van der Waals surface area (Å²) in [5.74, 6) is 2.52. The maximum absolute atomic E-state index is 5.50. The highest BCUT2D eigenvalue weighted by molar-refractivity contribution is 7.99. The van der Waals surface area contributed by atoms with Crippen LogP contribution in [0.4, 0.5) is 0 Å². The van der Waals surface area contributed by atoms with Crippen molar-refractivity contribution in [3.8, 4) is 0 Å². The first-order valence-corrected chi connectivity index (χ1v) is 7.66. The van der Waals surface area contributed by atoms with Crippen molar-refractivity contribution >= 4 is 11.8 Å². The first-order valence-electron chi connectivity index (χ1n) is 6.50. The van der Waals surface area contributed by atoms with Gasteiger partial charge in [0.2, 0.25) is 0 Å². The van der Waals surface area contributed by atoms with Gasteiger partial charge in [-0.2, -0.15) is 11.8 Å². The third kappa shape index (κ3) is 4.78. The Balaban J connectivity index is 2.47. The molecule has 0 aromatic carbocycles. The summed E-state index contributed by atoms with van der Waals surface area (Å²) < 4.78 is 5.50. The molecule has 0 spiro atoms. The number of likely N-dealkylation sites (N-methyl/N-ethyl adjacent to an activating group) is 2. The summed E-state index contributed by atoms with van der Waals surface area (Å²) in [6.45, 7) is 5.54. The number of ether oxygens (including phenoxy) is 1. The van der Waals surface area contributed by atoms with Gasteiger partial charge in [0.1, 0.15) is 0 Å². The molecule has 1 aliphatic heterocycles. The van der Waals surface area contributed by atoms with Gasteiger partial charge in [0.05, 0.1) is 5.60 Å². The van der Waals surface area contributed by atoms with Gasteiger partial charge >= 0.3 is 0 Å². The molecule has 0 aromatic heterocycles. The van der Waals surface area contributed by atoms with Gasteiger partial charge in [-0.25, -0.2) is 0 Å². The Morgan fingerprint density at radius 3 is 2.76 bits per heavy atom. The van der Waals surface area contributed by atoms with Gasteiger partial charge < -0.3 is 15.0 Å². The lowest BCUT2D eigenvalue weighted by Gasteiger charge is -2.38. The molecule has 1 fully saturated rings. The number of hydrogen-bond donors (Lipinski definition) is 1. The first-order chi connectivity index (χ1) is 8.00. The van der Waals surface area contributed by atoms with E-state index in [1.165, 1.54) is 24.5 Å². The summed E-state index contributed by atoms with van der Waals surface area (Å²) in [5.41, 5.74) is -0.00448. The van der Waals surface area contributed by atoms with Crippen LogP contribution in [0.2, 0.25) is 0 Å². The molecule has 1 N–H and O–H groups in total. The first kappa shape index (κ1) is 15.3. The molecular weight excluding hydrogens is 232 g/mol. The lowest BCUT2D eigenvalue weighted by Crippen LogP contribution is -2.52. The normalized spacial score (nSPS) is 24.9. The van der Waals surface area contributed by atoms with E-state index in [1.54, 1.807) is 7.11 Å². The highest BCUT2D eigenvalue weighted by Gasteiger charge is 2.28. The molecule has 3 nitrogen and oxygen atoms in total. The Morgan fingerprint density at radius 1 is 1.53 bits per heavy atom. The fourth-order valence-electron chi connectivity index (χ4n) is 2.26. The molecule has 1 heterocycles. The molecule has 17 heavy (non-hydrogen) atoms. The second kappa shape index (κ2) is 6.98. The fourth-order valence-corrected chi connectivity index (χ4v) is 3.58. The molecule has 0 bridgehead atoms. The Labute approximate surface area is 111 Å². The predicted octanol–water partition coefficient (Wildman–Crippen LogP) is 1.83. The van der Waals surface area contributed by atoms with Crippen molar-refractivity contribution < 1.29 is 4.74 Å². The monoisotopic (exact) mass is 260 g/mol. The minimum absolute atomic E-state index is 0.00448. The SMILES string of the molecule is CNC(CCC(C)(C)OC)C1CSCCN1C. The third-order valence-corrected chi connectivity index (χ3v) is 4.94. The van der Waals surface area contributed by atoms with Crippen LogP contribution < -0.4 is 5.32 Å². The molecule has 1 rings (SSSR count). The predicted molar refractivity (Wildman–Crippen MR) is 76.9 cm³/mol. The van der Waals surface area contributed by atoms with Gasteiger partial charge in [0.25, 0.3) is 0 Å². The highest BCUT2D eigenvalue weighted by Crippen LogP contribution is 2.23. The van der Waals surface area contributed by atoms with Gasteiger partial charge in [-0.05, 0) is 40.8 Å². The molecule has 1 saturated heterocycles. The molecule has 102 valence electrons. The quantitative estimate of drug-likeness (QED) is 0.787. The minimum Gasteiger partial charge on any atom is -0.379 e. The maximum Gasteiger partial charge on any atom is 0.0623 e. The summed E-state index contributed by atoms with van der Waals surface area (Å²) in [6, 6.07) is 1.23. The Bertz CT molecular complexity index is 223. The second-order valence-corrected chi connectivity index (χ2v) is 6.67. The molecule has 2 atom stereocenters. The lowest BCUT2D eigenvalue weighted by molar-refractivity contribution is 0.00975. The van der Waals surface area contributed by atoms with Gasteiger partial charge in [-0.1, -0.05) is 0 Å². The Kier molecular flexibility index (Phi) is 6.27. The zero-order valence-corrected chi connectivity index (χ0v) is 12.8. The van der Waals surface area contributed by atoms with Crippen molar-refractivity contribution in [2.75, 3.05) is 39.3 Å². The average Bonchev–Trinajstić information content (AvgIpc) is 2.32. The number of nitrogens with one attached hydrogen (secondary N) is 1. The van der Waals surface area contributed by atoms with Crippen molar-refractivity contribution in [3.63, 3.8) is 0 Å². The van der Waals surface area contributed by atoms with E-state index in [-0.39, 0.29) is 5.60 Å². The Hall–Kier alpha value is 0.230. The topological polar surface area (TPSA) is 24.5 Å². The van der Waals surface area contributed by atoms with Crippen molar-refractivity contribution in [2.45, 2.75) is 44.4 Å². The van der Waals surface area contributed by atoms with Gasteiger partial charge in [-0.3, -0.25) is 0 Å². The van der Waals surface area contributed by atoms with E-state index in [0.29, 0.717) is 12.1 Å². The highest BCUT2D eigenvalue weighted by atomic mass is 32.2. The minimum atomic E-state index is -0.00448. The van der Waals surface area contributed by atoms with Crippen LogP contribution in [-0.4, -0.2) is 61.8 Å². The maximum atomic E-state index is 5.50. The van der Waals surface area contributed by atoms with E-state index in [2.05, 4.69) is 49.9 Å². The van der Waals surface area contributed by atoms with Crippen molar-refractivity contribution in [1.29, 1.82) is 0 Å². The van der Waals surface area contributed by atoms with Crippen LogP contribution in [0.5, 0.6) is 0 Å². The molecule has 0 radical (unpaired) electrons. The molecule has 0 aromatic rings. The second-order valence-electron chi connectivity index (χ2n) is 5.52. The van der Waals surface area contributed by atoms with Crippen LogP contribution in [0.15, 0.2) is 0 Å². The molecule has 0 aliphatic carbocycles. The van der Waals surface area contributed by atoms with Crippen LogP contribution >= 0.6 is 11.8 Å². The standard InChI is InChI=1S/C13H28N2OS/c1-13(2,16-5)7-6-11(14-3)12-10-17-9-8-15(12)4/h11-12,14H,6-10H2,1-5H3. The number of nitrogens with zero attached hydrogens (tertiary/aromatic N) is 1. The fraction of sp³-hybridized carbons (Fsp3) is 1.00. The van der Waals surface area contributed by atoms with Gasteiger partial charge in [0, 0.05) is 37.2 Å². The third-order valence-electron chi connectivity index (χ3n) is 3.89. The molecule has 4 heteroatoms. The lowest BCUT2D eigenvalue weighted by atomic mass is 9.95. The van der Waals surface area contributed by atoms with Crippen molar-refractivity contribution in [3.05, 3.63) is 0 Å². The summed E-state index contributed by atoms with van der Waals surface area (Å²) in [4.78, 5) is 2.50. The smallest absolute Gasteiger partial charge is 0.0623 e. The van der Waals surface area contributed by atoms with E-state index in [4.69, 9.17) is 4.74 Å². The van der Waals surface area contributed by atoms with Gasteiger partial charge in [-0.15, -0.1) is 0 Å². The van der Waals surface area contributed by atoms with E-state index >= 15 is 0 Å². The zero-order valence-electron chi connectivity index (χ0n) is 12.0. The molecule has 1 aliphatic rings. The number of thioether (sulfide) groups is 1. The van der Waals surface area contributed by atoms with E-state index in [1.807, 2.05) is 0 Å². The molecule has 0 amide bonds. The molecular formula is C13H28N2OS. The zero-order chi connectivity index (χ0) is 12.9. The molecule has 2 unspecified atom stereocenters. The summed E-state index contributed by atoms with van der Waals surface area (Å²) in [6.07, 6.45) is 2.27. The van der Waals surface area contributed by atoms with E-state index in [9.17, 15) is 0 Å². The van der Waals surface area contributed by atoms with E-state index in [0.717, 1.165) is 6.42 Å². The van der Waals surface area contributed by atoms with Crippen LogP contribution in [0, 0.1) is 0 Å². The summed E-state index contributed by atoms with van der Waals surface area (Å²) >= 11 is 2.08. The summed E-state index contributed by atoms with van der Waals surface area (Å²) in [7, 11) is 6.13. The van der Waals surface area contributed by atoms with Crippen LogP contribution in [0.1, 0.15) is 26.7 Å². The van der Waals surface area contributed by atoms with Crippen LogP contribution in [-0.2, 0) is 4.74 Å². The van der Waals surface area contributed by atoms with E-state index < -0.39 is 0 Å². The Morgan fingerprint density at radius 2 is 2.24 bits per heavy atom. The largest absolute Gasteiger partial charge is 0.379 e. The van der Waals surface area contributed by atoms with Gasteiger partial charge in [0.15, 0.2) is 0 Å². The van der Waals surface area contributed by atoms with Crippen LogP contribution in [0.25, 0.3) is 0 Å². The van der Waals surface area contributed by atoms with Crippen molar-refractivity contribution in [1.82, 2.24) is 10.2 Å². The number of methoxy groups -OCH3 is 1.